The highest BCUT2D eigenvalue weighted by molar-refractivity contribution is 7.08. The second kappa shape index (κ2) is 6.82. The van der Waals surface area contributed by atoms with Crippen LogP contribution in [0.3, 0.4) is 0 Å². The van der Waals surface area contributed by atoms with Gasteiger partial charge >= 0.3 is 0 Å². The van der Waals surface area contributed by atoms with Gasteiger partial charge < -0.3 is 10.0 Å². The summed E-state index contributed by atoms with van der Waals surface area (Å²) in [5.41, 5.74) is 1.66. The molecule has 1 fully saturated rings. The largest absolute Gasteiger partial charge is 0.388 e. The van der Waals surface area contributed by atoms with Crippen LogP contribution < -0.4 is 0 Å². The summed E-state index contributed by atoms with van der Waals surface area (Å²) in [6.45, 7) is 1.40. The summed E-state index contributed by atoms with van der Waals surface area (Å²) >= 11 is 7.42. The van der Waals surface area contributed by atoms with Crippen LogP contribution in [0, 0.1) is 5.92 Å². The Bertz CT molecular complexity index is 619. The molecule has 0 radical (unpaired) electrons. The van der Waals surface area contributed by atoms with Gasteiger partial charge in [-0.3, -0.25) is 4.79 Å². The van der Waals surface area contributed by atoms with Crippen molar-refractivity contribution in [1.82, 2.24) is 4.90 Å². The van der Waals surface area contributed by atoms with E-state index < -0.39 is 6.10 Å². The van der Waals surface area contributed by atoms with Crippen molar-refractivity contribution in [3.8, 4) is 0 Å². The van der Waals surface area contributed by atoms with Crippen LogP contribution in [0.25, 0.3) is 0 Å². The van der Waals surface area contributed by atoms with Gasteiger partial charge in [-0.1, -0.05) is 23.7 Å². The first-order chi connectivity index (χ1) is 10.6. The third-order valence-corrected chi connectivity index (χ3v) is 5.19. The van der Waals surface area contributed by atoms with Crippen LogP contribution >= 0.6 is 22.9 Å². The standard InChI is InChI=1S/C17H18ClNO2S/c18-15-3-1-12(2-4-15)16(20)13-5-8-19(9-6-13)17(21)14-7-10-22-11-14/h1-4,7,10-11,13,16,20H,5-6,8-9H2/t16-/m1/s1. The van der Waals surface area contributed by atoms with Crippen LogP contribution in [-0.4, -0.2) is 29.0 Å². The summed E-state index contributed by atoms with van der Waals surface area (Å²) in [7, 11) is 0. The van der Waals surface area contributed by atoms with E-state index in [1.54, 1.807) is 12.1 Å². The lowest BCUT2D eigenvalue weighted by molar-refractivity contribution is 0.0462. The number of hydrogen-bond donors (Lipinski definition) is 1. The minimum atomic E-state index is -0.490. The second-order valence-corrected chi connectivity index (χ2v) is 6.85. The van der Waals surface area contributed by atoms with Gasteiger partial charge in [0.05, 0.1) is 11.7 Å². The number of rotatable bonds is 3. The molecule has 22 heavy (non-hydrogen) atoms. The van der Waals surface area contributed by atoms with Gasteiger partial charge in [-0.15, -0.1) is 0 Å². The molecule has 0 spiro atoms. The van der Waals surface area contributed by atoms with Crippen molar-refractivity contribution >= 4 is 28.8 Å². The fraction of sp³-hybridized carbons (Fsp3) is 0.353. The summed E-state index contributed by atoms with van der Waals surface area (Å²) in [4.78, 5) is 14.2. The lowest BCUT2D eigenvalue weighted by Gasteiger charge is -2.34. The maximum absolute atomic E-state index is 12.3. The molecule has 1 aromatic heterocycles. The molecular formula is C17H18ClNO2S. The fourth-order valence-electron chi connectivity index (χ4n) is 2.92. The summed E-state index contributed by atoms with van der Waals surface area (Å²) in [5.74, 6) is 0.286. The number of halogens is 1. The molecule has 1 saturated heterocycles. The van der Waals surface area contributed by atoms with Crippen LogP contribution in [0.2, 0.25) is 5.02 Å². The van der Waals surface area contributed by atoms with Crippen molar-refractivity contribution in [2.75, 3.05) is 13.1 Å². The minimum absolute atomic E-state index is 0.0979. The highest BCUT2D eigenvalue weighted by Gasteiger charge is 2.28. The van der Waals surface area contributed by atoms with Crippen LogP contribution in [0.5, 0.6) is 0 Å². The molecule has 0 unspecified atom stereocenters. The van der Waals surface area contributed by atoms with Gasteiger partial charge in [-0.25, -0.2) is 0 Å². The molecule has 3 nitrogen and oxygen atoms in total. The average molecular weight is 336 g/mol. The third kappa shape index (κ3) is 3.35. The van der Waals surface area contributed by atoms with E-state index in [-0.39, 0.29) is 11.8 Å². The monoisotopic (exact) mass is 335 g/mol. The van der Waals surface area contributed by atoms with E-state index in [0.29, 0.717) is 18.1 Å². The highest BCUT2D eigenvalue weighted by atomic mass is 35.5. The molecule has 0 aliphatic carbocycles. The van der Waals surface area contributed by atoms with Crippen molar-refractivity contribution < 1.29 is 9.90 Å². The third-order valence-electron chi connectivity index (χ3n) is 4.25. The number of piperidine rings is 1. The molecule has 1 aliphatic rings. The van der Waals surface area contributed by atoms with Gasteiger partial charge in [0, 0.05) is 23.5 Å². The van der Waals surface area contributed by atoms with Crippen molar-refractivity contribution in [2.45, 2.75) is 18.9 Å². The van der Waals surface area contributed by atoms with Crippen molar-refractivity contribution in [1.29, 1.82) is 0 Å². The fourth-order valence-corrected chi connectivity index (χ4v) is 3.67. The number of carbonyl (C=O) groups is 1. The summed E-state index contributed by atoms with van der Waals surface area (Å²) in [6, 6.07) is 9.21. The zero-order valence-electron chi connectivity index (χ0n) is 12.1. The maximum atomic E-state index is 12.3. The first-order valence-electron chi connectivity index (χ1n) is 7.40. The smallest absolute Gasteiger partial charge is 0.254 e. The summed E-state index contributed by atoms with van der Waals surface area (Å²) < 4.78 is 0. The van der Waals surface area contributed by atoms with Gasteiger partial charge in [-0.05, 0) is 47.9 Å². The van der Waals surface area contributed by atoms with E-state index in [9.17, 15) is 9.90 Å². The molecule has 0 saturated carbocycles. The molecular weight excluding hydrogens is 318 g/mol. The quantitative estimate of drug-likeness (QED) is 0.921. The number of thiophene rings is 1. The van der Waals surface area contributed by atoms with Gasteiger partial charge in [0.25, 0.3) is 5.91 Å². The zero-order valence-corrected chi connectivity index (χ0v) is 13.7. The van der Waals surface area contributed by atoms with Gasteiger partial charge in [0.1, 0.15) is 0 Å². The number of aliphatic hydroxyl groups excluding tert-OH is 1. The first-order valence-corrected chi connectivity index (χ1v) is 8.72. The predicted molar refractivity (Wildman–Crippen MR) is 89.4 cm³/mol. The van der Waals surface area contributed by atoms with Crippen molar-refractivity contribution in [3.63, 3.8) is 0 Å². The second-order valence-electron chi connectivity index (χ2n) is 5.64. The Hall–Kier alpha value is -1.36. The van der Waals surface area contributed by atoms with Crippen LogP contribution in [0.15, 0.2) is 41.1 Å². The first kappa shape index (κ1) is 15.5. The Balaban J connectivity index is 1.59. The van der Waals surface area contributed by atoms with Crippen LogP contribution in [0.4, 0.5) is 0 Å². The van der Waals surface area contributed by atoms with E-state index in [2.05, 4.69) is 0 Å². The molecule has 1 atom stereocenters. The molecule has 5 heteroatoms. The zero-order chi connectivity index (χ0) is 15.5. The molecule has 2 aromatic rings. The van der Waals surface area contributed by atoms with Crippen molar-refractivity contribution in [3.05, 3.63) is 57.2 Å². The Morgan fingerprint density at radius 3 is 2.50 bits per heavy atom. The van der Waals surface area contributed by atoms with E-state index in [4.69, 9.17) is 11.6 Å². The molecule has 1 N–H and O–H groups in total. The number of aliphatic hydroxyl groups is 1. The lowest BCUT2D eigenvalue weighted by atomic mass is 9.87. The SMILES string of the molecule is O=C(c1ccsc1)N1CCC([C@H](O)c2ccc(Cl)cc2)CC1. The van der Waals surface area contributed by atoms with E-state index in [1.165, 1.54) is 11.3 Å². The molecule has 0 bridgehead atoms. The van der Waals surface area contributed by atoms with E-state index in [0.717, 1.165) is 24.0 Å². The van der Waals surface area contributed by atoms with Gasteiger partial charge in [0.2, 0.25) is 0 Å². The highest BCUT2D eigenvalue weighted by Crippen LogP contribution is 2.31. The van der Waals surface area contributed by atoms with Crippen LogP contribution in [-0.2, 0) is 0 Å². The molecule has 1 amide bonds. The molecule has 3 rings (SSSR count). The number of amides is 1. The Morgan fingerprint density at radius 2 is 1.91 bits per heavy atom. The normalized spacial score (nSPS) is 17.5. The Kier molecular flexibility index (Phi) is 4.81. The Labute approximate surface area is 139 Å². The number of carbonyl (C=O) groups excluding carboxylic acids is 1. The lowest BCUT2D eigenvalue weighted by Crippen LogP contribution is -2.39. The average Bonchev–Trinajstić information content (AvgIpc) is 3.09. The van der Waals surface area contributed by atoms with Gasteiger partial charge in [-0.2, -0.15) is 11.3 Å². The number of likely N-dealkylation sites (tertiary alicyclic amines) is 1. The van der Waals surface area contributed by atoms with E-state index in [1.807, 2.05) is 33.9 Å². The van der Waals surface area contributed by atoms with Crippen molar-refractivity contribution in [2.24, 2.45) is 5.92 Å². The predicted octanol–water partition coefficient (Wildman–Crippen LogP) is 3.99. The summed E-state index contributed by atoms with van der Waals surface area (Å²) in [5, 5.41) is 15.0. The Morgan fingerprint density at radius 1 is 1.23 bits per heavy atom. The molecule has 1 aromatic carbocycles. The molecule has 116 valence electrons. The van der Waals surface area contributed by atoms with E-state index >= 15 is 0 Å². The topological polar surface area (TPSA) is 40.5 Å². The number of benzene rings is 1. The maximum Gasteiger partial charge on any atom is 0.254 e. The van der Waals surface area contributed by atoms with Crippen LogP contribution in [0.1, 0.15) is 34.9 Å². The molecule has 2 heterocycles. The number of hydrogen-bond acceptors (Lipinski definition) is 3. The van der Waals surface area contributed by atoms with Gasteiger partial charge in [0.15, 0.2) is 0 Å². The molecule has 1 aliphatic heterocycles. The minimum Gasteiger partial charge on any atom is -0.388 e. The summed E-state index contributed by atoms with van der Waals surface area (Å²) in [6.07, 6.45) is 1.15. The number of nitrogens with zero attached hydrogens (tertiary/aromatic N) is 1.